The third-order valence-corrected chi connectivity index (χ3v) is 1.02. The van der Waals surface area contributed by atoms with Gasteiger partial charge >= 0.3 is 0 Å². The molecule has 0 aromatic rings. The maximum absolute atomic E-state index is 10.2. The normalized spacial score (nSPS) is 14.5. The van der Waals surface area contributed by atoms with Crippen molar-refractivity contribution in [3.05, 3.63) is 0 Å². The summed E-state index contributed by atoms with van der Waals surface area (Å²) in [5, 5.41) is 0. The average Bonchev–Trinajstić information content (AvgIpc) is 1.88. The Bertz CT molecular complexity index is 115. The van der Waals surface area contributed by atoms with Gasteiger partial charge in [-0.05, 0) is 5.41 Å². The molecule has 0 rings (SSSR count). The molecule has 1 atom stereocenters. The smallest absolute Gasteiger partial charge is 0.214 e. The first-order valence-corrected chi connectivity index (χ1v) is 3.59. The molecule has 0 radical (unpaired) electrons. The quantitative estimate of drug-likeness (QED) is 0.458. The molecule has 1 unspecified atom stereocenters. The fourth-order valence-electron chi connectivity index (χ4n) is 0.495. The van der Waals surface area contributed by atoms with E-state index in [9.17, 15) is 4.79 Å². The Labute approximate surface area is 67.7 Å². The number of rotatable bonds is 4. The van der Waals surface area contributed by atoms with Crippen LogP contribution in [0.1, 0.15) is 20.8 Å². The van der Waals surface area contributed by atoms with Crippen LogP contribution in [0.15, 0.2) is 0 Å². The lowest BCUT2D eigenvalue weighted by Crippen LogP contribution is -2.23. The van der Waals surface area contributed by atoms with Crippen molar-refractivity contribution in [2.45, 2.75) is 27.1 Å². The monoisotopic (exact) mass is 160 g/mol. The molecule has 0 heterocycles. The highest BCUT2D eigenvalue weighted by Gasteiger charge is 2.13. The van der Waals surface area contributed by atoms with E-state index in [1.807, 2.05) is 20.8 Å². The van der Waals surface area contributed by atoms with Crippen molar-refractivity contribution < 1.29 is 14.3 Å². The van der Waals surface area contributed by atoms with Gasteiger partial charge in [-0.3, -0.25) is 4.79 Å². The number of carbonyl (C=O) groups is 1. The Kier molecular flexibility index (Phi) is 4.30. The molecule has 0 fully saturated rings. The number of hydrogen-bond acceptors (Lipinski definition) is 3. The van der Waals surface area contributed by atoms with Crippen LogP contribution in [0.5, 0.6) is 0 Å². The second-order valence-electron chi connectivity index (χ2n) is 3.61. The molecule has 0 aliphatic heterocycles. The Morgan fingerprint density at radius 3 is 2.27 bits per heavy atom. The van der Waals surface area contributed by atoms with Gasteiger partial charge in [0, 0.05) is 7.11 Å². The van der Waals surface area contributed by atoms with E-state index in [0.29, 0.717) is 12.9 Å². The van der Waals surface area contributed by atoms with E-state index in [-0.39, 0.29) is 5.41 Å². The predicted molar refractivity (Wildman–Crippen MR) is 42.3 cm³/mol. The van der Waals surface area contributed by atoms with Gasteiger partial charge in [0.25, 0.3) is 0 Å². The van der Waals surface area contributed by atoms with Gasteiger partial charge < -0.3 is 9.47 Å². The van der Waals surface area contributed by atoms with Gasteiger partial charge in [0.15, 0.2) is 6.29 Å². The van der Waals surface area contributed by atoms with Crippen LogP contribution in [-0.4, -0.2) is 26.3 Å². The first-order chi connectivity index (χ1) is 4.99. The Morgan fingerprint density at radius 1 is 1.45 bits per heavy atom. The van der Waals surface area contributed by atoms with Crippen LogP contribution in [0.2, 0.25) is 0 Å². The van der Waals surface area contributed by atoms with E-state index in [0.717, 1.165) is 0 Å². The molecule has 0 aliphatic rings. The minimum Gasteiger partial charge on any atom is -0.350 e. The van der Waals surface area contributed by atoms with E-state index in [1.165, 1.54) is 7.11 Å². The van der Waals surface area contributed by atoms with Crippen LogP contribution in [0, 0.1) is 5.41 Å². The maximum Gasteiger partial charge on any atom is 0.214 e. The molecule has 66 valence electrons. The van der Waals surface area contributed by atoms with Gasteiger partial charge in [-0.25, -0.2) is 0 Å². The summed E-state index contributed by atoms with van der Waals surface area (Å²) in [6.07, 6.45) is -0.0691. The van der Waals surface area contributed by atoms with Crippen LogP contribution in [-0.2, 0) is 14.3 Å². The standard InChI is InChI=1S/C8H16O3/c1-8(2,3)6-11-7(5-9)10-4/h5,7H,6H2,1-4H3. The summed E-state index contributed by atoms with van der Waals surface area (Å²) in [4.78, 5) is 10.2. The molecule has 0 spiro atoms. The Balaban J connectivity index is 3.59. The Morgan fingerprint density at radius 2 is 2.00 bits per heavy atom. The Hall–Kier alpha value is -0.410. The number of carbonyl (C=O) groups excluding carboxylic acids is 1. The van der Waals surface area contributed by atoms with Gasteiger partial charge in [0.05, 0.1) is 6.61 Å². The van der Waals surface area contributed by atoms with Crippen molar-refractivity contribution in [1.29, 1.82) is 0 Å². The maximum atomic E-state index is 10.2. The zero-order valence-electron chi connectivity index (χ0n) is 7.59. The van der Waals surface area contributed by atoms with E-state index in [2.05, 4.69) is 0 Å². The first kappa shape index (κ1) is 10.6. The molecular formula is C8H16O3. The molecule has 0 saturated carbocycles. The summed E-state index contributed by atoms with van der Waals surface area (Å²) in [5.74, 6) is 0. The second-order valence-corrected chi connectivity index (χ2v) is 3.61. The van der Waals surface area contributed by atoms with Crippen molar-refractivity contribution in [3.8, 4) is 0 Å². The fraction of sp³-hybridized carbons (Fsp3) is 0.875. The lowest BCUT2D eigenvalue weighted by Gasteiger charge is -2.20. The highest BCUT2D eigenvalue weighted by atomic mass is 16.7. The lowest BCUT2D eigenvalue weighted by molar-refractivity contribution is -0.156. The second kappa shape index (κ2) is 4.46. The molecule has 3 nitrogen and oxygen atoms in total. The van der Waals surface area contributed by atoms with E-state index in [4.69, 9.17) is 9.47 Å². The van der Waals surface area contributed by atoms with Crippen LogP contribution in [0.25, 0.3) is 0 Å². The van der Waals surface area contributed by atoms with Gasteiger partial charge in [-0.15, -0.1) is 0 Å². The van der Waals surface area contributed by atoms with Crippen molar-refractivity contribution >= 4 is 6.29 Å². The van der Waals surface area contributed by atoms with Gasteiger partial charge in [0.2, 0.25) is 6.29 Å². The molecule has 0 bridgehead atoms. The number of hydrogen-bond donors (Lipinski definition) is 0. The van der Waals surface area contributed by atoms with Crippen molar-refractivity contribution in [1.82, 2.24) is 0 Å². The van der Waals surface area contributed by atoms with Gasteiger partial charge in [-0.1, -0.05) is 20.8 Å². The summed E-state index contributed by atoms with van der Waals surface area (Å²) in [7, 11) is 1.45. The minimum atomic E-state index is -0.714. The van der Waals surface area contributed by atoms with Crippen molar-refractivity contribution in [2.24, 2.45) is 5.41 Å². The van der Waals surface area contributed by atoms with Crippen molar-refractivity contribution in [3.63, 3.8) is 0 Å². The molecule has 0 amide bonds. The molecule has 0 aromatic carbocycles. The largest absolute Gasteiger partial charge is 0.350 e. The predicted octanol–water partition coefficient (Wildman–Crippen LogP) is 1.22. The molecule has 0 aromatic heterocycles. The summed E-state index contributed by atoms with van der Waals surface area (Å²) >= 11 is 0. The first-order valence-electron chi connectivity index (χ1n) is 3.59. The van der Waals surface area contributed by atoms with Crippen LogP contribution < -0.4 is 0 Å². The number of methoxy groups -OCH3 is 1. The molecular weight excluding hydrogens is 144 g/mol. The van der Waals surface area contributed by atoms with E-state index < -0.39 is 6.29 Å². The SMILES string of the molecule is COC(C=O)OCC(C)(C)C. The molecule has 0 N–H and O–H groups in total. The summed E-state index contributed by atoms with van der Waals surface area (Å²) in [6, 6.07) is 0. The van der Waals surface area contributed by atoms with Gasteiger partial charge in [0.1, 0.15) is 0 Å². The average molecular weight is 160 g/mol. The summed E-state index contributed by atoms with van der Waals surface area (Å²) in [6.45, 7) is 6.61. The number of aldehydes is 1. The van der Waals surface area contributed by atoms with Crippen LogP contribution >= 0.6 is 0 Å². The van der Waals surface area contributed by atoms with Gasteiger partial charge in [-0.2, -0.15) is 0 Å². The lowest BCUT2D eigenvalue weighted by atomic mass is 9.99. The topological polar surface area (TPSA) is 35.5 Å². The summed E-state index contributed by atoms with van der Waals surface area (Å²) < 4.78 is 9.82. The zero-order chi connectivity index (χ0) is 8.91. The molecule has 0 saturated heterocycles. The molecule has 0 aliphatic carbocycles. The van der Waals surface area contributed by atoms with Crippen molar-refractivity contribution in [2.75, 3.05) is 13.7 Å². The number of ether oxygens (including phenoxy) is 2. The third kappa shape index (κ3) is 6.01. The summed E-state index contributed by atoms with van der Waals surface area (Å²) in [5.41, 5.74) is 0.0692. The highest BCUT2D eigenvalue weighted by Crippen LogP contribution is 2.13. The minimum absolute atomic E-state index is 0.0692. The zero-order valence-corrected chi connectivity index (χ0v) is 7.59. The highest BCUT2D eigenvalue weighted by molar-refractivity contribution is 5.53. The van der Waals surface area contributed by atoms with E-state index in [1.54, 1.807) is 0 Å². The van der Waals surface area contributed by atoms with E-state index >= 15 is 0 Å². The fourth-order valence-corrected chi connectivity index (χ4v) is 0.495. The molecule has 3 heteroatoms. The molecule has 11 heavy (non-hydrogen) atoms. The van der Waals surface area contributed by atoms with Crippen LogP contribution in [0.4, 0.5) is 0 Å². The van der Waals surface area contributed by atoms with Crippen LogP contribution in [0.3, 0.4) is 0 Å². The third-order valence-electron chi connectivity index (χ3n) is 1.02.